The van der Waals surface area contributed by atoms with Gasteiger partial charge in [-0.25, -0.2) is 0 Å². The fourth-order valence-electron chi connectivity index (χ4n) is 6.79. The maximum atomic E-state index is 2.49. The topological polar surface area (TPSA) is 3.24 Å². The number of hydrogen-bond acceptors (Lipinski definition) is 2. The normalized spacial score (nSPS) is 11.8. The maximum absolute atomic E-state index is 2.49. The van der Waals surface area contributed by atoms with Gasteiger partial charge in [0.05, 0.1) is 21.8 Å². The molecule has 2 heteroatoms. The van der Waals surface area contributed by atoms with Gasteiger partial charge in [0.25, 0.3) is 0 Å². The summed E-state index contributed by atoms with van der Waals surface area (Å²) in [7, 11) is 0. The van der Waals surface area contributed by atoms with Crippen molar-refractivity contribution in [2.24, 2.45) is 0 Å². The molecule has 0 N–H and O–H groups in total. The number of fused-ring (bicyclic) bond motifs is 10. The zero-order valence-electron chi connectivity index (χ0n) is 22.8. The lowest BCUT2D eigenvalue weighted by atomic mass is 9.97. The van der Waals surface area contributed by atoms with Gasteiger partial charge < -0.3 is 4.90 Å². The van der Waals surface area contributed by atoms with Crippen LogP contribution in [-0.4, -0.2) is 0 Å². The third-order valence-electron chi connectivity index (χ3n) is 8.61. The second-order valence-electron chi connectivity index (χ2n) is 10.9. The molecular formula is C40H25NS. The van der Waals surface area contributed by atoms with E-state index in [0.717, 1.165) is 0 Å². The number of nitrogens with zero attached hydrogens (tertiary/aromatic N) is 1. The van der Waals surface area contributed by atoms with E-state index >= 15 is 0 Å². The summed E-state index contributed by atoms with van der Waals surface area (Å²) >= 11 is 1.92. The summed E-state index contributed by atoms with van der Waals surface area (Å²) in [6.07, 6.45) is 0. The van der Waals surface area contributed by atoms with Gasteiger partial charge in [-0.3, -0.25) is 0 Å². The van der Waals surface area contributed by atoms with Crippen LogP contribution in [0.3, 0.4) is 0 Å². The van der Waals surface area contributed by atoms with E-state index in [1.165, 1.54) is 80.3 Å². The Morgan fingerprint density at radius 1 is 0.310 bits per heavy atom. The van der Waals surface area contributed by atoms with Crippen LogP contribution in [0.25, 0.3) is 63.3 Å². The molecule has 0 spiro atoms. The fraction of sp³-hybridized carbons (Fsp3) is 0. The predicted molar refractivity (Wildman–Crippen MR) is 184 cm³/mol. The number of anilines is 3. The predicted octanol–water partition coefficient (Wildman–Crippen LogP) is 12.1. The summed E-state index contributed by atoms with van der Waals surface area (Å²) < 4.78 is 2.65. The molecule has 1 aromatic heterocycles. The smallest absolute Gasteiger partial charge is 0.0640 e. The minimum atomic E-state index is 1.18. The minimum absolute atomic E-state index is 1.18. The molecule has 1 nitrogen and oxygen atoms in total. The third kappa shape index (κ3) is 3.36. The van der Waals surface area contributed by atoms with Gasteiger partial charge in [-0.05, 0) is 45.1 Å². The summed E-state index contributed by atoms with van der Waals surface area (Å²) in [5, 5.41) is 12.9. The second-order valence-corrected chi connectivity index (χ2v) is 11.9. The first-order chi connectivity index (χ1) is 20.9. The molecule has 0 atom stereocenters. The van der Waals surface area contributed by atoms with Gasteiger partial charge in [0, 0.05) is 31.6 Å². The van der Waals surface area contributed by atoms with Gasteiger partial charge in [0.1, 0.15) is 0 Å². The van der Waals surface area contributed by atoms with Crippen molar-refractivity contribution in [2.45, 2.75) is 0 Å². The molecule has 0 saturated carbocycles. The van der Waals surface area contributed by atoms with E-state index < -0.39 is 0 Å². The number of rotatable bonds is 3. The van der Waals surface area contributed by atoms with Gasteiger partial charge in [0.2, 0.25) is 0 Å². The van der Waals surface area contributed by atoms with E-state index in [9.17, 15) is 0 Å². The number of hydrogen-bond donors (Lipinski definition) is 0. The van der Waals surface area contributed by atoms with E-state index in [1.807, 2.05) is 11.3 Å². The van der Waals surface area contributed by atoms with Gasteiger partial charge in [-0.15, -0.1) is 11.3 Å². The van der Waals surface area contributed by atoms with E-state index in [1.54, 1.807) is 0 Å². The van der Waals surface area contributed by atoms with Crippen LogP contribution >= 0.6 is 11.3 Å². The highest BCUT2D eigenvalue weighted by molar-refractivity contribution is 7.27. The third-order valence-corrected chi connectivity index (χ3v) is 9.87. The molecule has 9 aromatic rings. The molecule has 0 radical (unpaired) electrons. The minimum Gasteiger partial charge on any atom is -0.308 e. The highest BCUT2D eigenvalue weighted by Gasteiger charge is 2.22. The molecule has 0 aliphatic heterocycles. The molecule has 9 rings (SSSR count). The monoisotopic (exact) mass is 551 g/mol. The van der Waals surface area contributed by atoms with E-state index in [0.29, 0.717) is 0 Å². The van der Waals surface area contributed by atoms with E-state index in [2.05, 4.69) is 157 Å². The Bertz CT molecular complexity index is 2400. The van der Waals surface area contributed by atoms with Crippen molar-refractivity contribution in [1.82, 2.24) is 0 Å². The van der Waals surface area contributed by atoms with Crippen molar-refractivity contribution in [2.75, 3.05) is 4.90 Å². The van der Waals surface area contributed by atoms with Crippen molar-refractivity contribution in [1.29, 1.82) is 0 Å². The number of thiophene rings is 1. The molecule has 42 heavy (non-hydrogen) atoms. The van der Waals surface area contributed by atoms with Crippen molar-refractivity contribution < 1.29 is 0 Å². The van der Waals surface area contributed by atoms with Crippen LogP contribution in [0.1, 0.15) is 0 Å². The average Bonchev–Trinajstić information content (AvgIpc) is 3.46. The van der Waals surface area contributed by atoms with Crippen LogP contribution < -0.4 is 4.90 Å². The molecule has 196 valence electrons. The summed E-state index contributed by atoms with van der Waals surface area (Å²) in [6, 6.07) is 55.3. The Morgan fingerprint density at radius 2 is 0.738 bits per heavy atom. The molecule has 0 aliphatic carbocycles. The van der Waals surface area contributed by atoms with Gasteiger partial charge in [0.15, 0.2) is 0 Å². The van der Waals surface area contributed by atoms with Crippen LogP contribution in [0.2, 0.25) is 0 Å². The lowest BCUT2D eigenvalue weighted by Crippen LogP contribution is -2.11. The van der Waals surface area contributed by atoms with Crippen LogP contribution in [0.15, 0.2) is 152 Å². The molecule has 0 saturated heterocycles. The van der Waals surface area contributed by atoms with Crippen LogP contribution in [0.4, 0.5) is 17.1 Å². The highest BCUT2D eigenvalue weighted by Crippen LogP contribution is 2.50. The standard InChI is InChI=1S/C40H25NS/c1-3-16-28-26(12-1)14-9-23-35(28)41(36-24-10-15-27-13-2-4-17-29(27)36)37-25-11-22-34-38-32-20-7-5-18-30(32)31-19-6-8-21-33(31)40(38)42-39(34)37/h1-25H. The van der Waals surface area contributed by atoms with Crippen LogP contribution in [0.5, 0.6) is 0 Å². The lowest BCUT2D eigenvalue weighted by molar-refractivity contribution is 1.33. The summed E-state index contributed by atoms with van der Waals surface area (Å²) in [4.78, 5) is 2.49. The molecule has 0 amide bonds. The summed E-state index contributed by atoms with van der Waals surface area (Å²) in [5.74, 6) is 0. The zero-order valence-corrected chi connectivity index (χ0v) is 23.6. The SMILES string of the molecule is c1ccc2c(N(c3cccc4ccccc34)c3cccc4c3sc3c5ccccc5c5ccccc5c43)cccc2c1. The van der Waals surface area contributed by atoms with Crippen LogP contribution in [-0.2, 0) is 0 Å². The second kappa shape index (κ2) is 9.17. The van der Waals surface area contributed by atoms with Crippen molar-refractivity contribution in [3.63, 3.8) is 0 Å². The van der Waals surface area contributed by atoms with Crippen molar-refractivity contribution >= 4 is 91.7 Å². The van der Waals surface area contributed by atoms with Crippen LogP contribution in [0, 0.1) is 0 Å². The van der Waals surface area contributed by atoms with E-state index in [-0.39, 0.29) is 0 Å². The molecular weight excluding hydrogens is 527 g/mol. The first kappa shape index (κ1) is 23.5. The Morgan fingerprint density at radius 3 is 1.38 bits per heavy atom. The van der Waals surface area contributed by atoms with Gasteiger partial charge >= 0.3 is 0 Å². The Labute approximate surface area is 247 Å². The molecule has 1 heterocycles. The number of benzene rings is 8. The Balaban J connectivity index is 1.46. The first-order valence-corrected chi connectivity index (χ1v) is 15.2. The molecule has 0 bridgehead atoms. The Kier molecular flexibility index (Phi) is 5.13. The first-order valence-electron chi connectivity index (χ1n) is 14.4. The molecule has 0 aliphatic rings. The quantitative estimate of drug-likeness (QED) is 0.197. The largest absolute Gasteiger partial charge is 0.308 e. The van der Waals surface area contributed by atoms with Crippen molar-refractivity contribution in [3.8, 4) is 0 Å². The van der Waals surface area contributed by atoms with Gasteiger partial charge in [-0.1, -0.05) is 133 Å². The lowest BCUT2D eigenvalue weighted by Gasteiger charge is -2.28. The average molecular weight is 552 g/mol. The van der Waals surface area contributed by atoms with Gasteiger partial charge in [-0.2, -0.15) is 0 Å². The molecule has 0 unspecified atom stereocenters. The Hall–Kier alpha value is -5.18. The zero-order chi connectivity index (χ0) is 27.6. The molecule has 8 aromatic carbocycles. The summed E-state index contributed by atoms with van der Waals surface area (Å²) in [5.41, 5.74) is 3.57. The van der Waals surface area contributed by atoms with E-state index in [4.69, 9.17) is 0 Å². The highest BCUT2D eigenvalue weighted by atomic mass is 32.1. The van der Waals surface area contributed by atoms with Crippen molar-refractivity contribution in [3.05, 3.63) is 152 Å². The molecule has 0 fully saturated rings. The maximum Gasteiger partial charge on any atom is 0.0640 e. The fourth-order valence-corrected chi connectivity index (χ4v) is 8.14. The summed E-state index contributed by atoms with van der Waals surface area (Å²) in [6.45, 7) is 0.